The van der Waals surface area contributed by atoms with Crippen molar-refractivity contribution in [2.75, 3.05) is 6.54 Å². The third-order valence-corrected chi connectivity index (χ3v) is 1.98. The number of hydrogen-bond acceptors (Lipinski definition) is 1. The van der Waals surface area contributed by atoms with Crippen molar-refractivity contribution in [2.24, 2.45) is 0 Å². The van der Waals surface area contributed by atoms with E-state index in [0.29, 0.717) is 17.7 Å². The lowest BCUT2D eigenvalue weighted by Crippen LogP contribution is -2.22. The highest BCUT2D eigenvalue weighted by Gasteiger charge is 2.05. The molecule has 0 fully saturated rings. The van der Waals surface area contributed by atoms with E-state index in [-0.39, 0.29) is 5.91 Å². The normalized spacial score (nSPS) is 12.2. The van der Waals surface area contributed by atoms with Crippen LogP contribution in [0.1, 0.15) is 35.9 Å². The summed E-state index contributed by atoms with van der Waals surface area (Å²) in [4.78, 5) is 11.3. The summed E-state index contributed by atoms with van der Waals surface area (Å²) in [7, 11) is 0. The van der Waals surface area contributed by atoms with E-state index in [4.69, 9.17) is 0 Å². The van der Waals surface area contributed by atoms with Crippen molar-refractivity contribution in [2.45, 2.75) is 20.0 Å². The number of benzene rings is 1. The maximum Gasteiger partial charge on any atom is 0.251 e. The van der Waals surface area contributed by atoms with E-state index in [1.54, 1.807) is 31.2 Å². The molecule has 0 saturated carbocycles. The molecule has 75 valence electrons. The largest absolute Gasteiger partial charge is 0.352 e. The van der Waals surface area contributed by atoms with Gasteiger partial charge in [-0.05, 0) is 31.5 Å². The van der Waals surface area contributed by atoms with Gasteiger partial charge in [-0.2, -0.15) is 0 Å². The van der Waals surface area contributed by atoms with Crippen LogP contribution in [0.2, 0.25) is 0 Å². The van der Waals surface area contributed by atoms with Gasteiger partial charge in [-0.15, -0.1) is 0 Å². The fourth-order valence-electron chi connectivity index (χ4n) is 1.17. The van der Waals surface area contributed by atoms with Crippen molar-refractivity contribution in [3.8, 4) is 0 Å². The topological polar surface area (TPSA) is 49.0 Å². The lowest BCUT2D eigenvalue weighted by molar-refractivity contribution is 0.0953. The summed E-state index contributed by atoms with van der Waals surface area (Å²) in [5, 5.41) is 13.7. The van der Waals surface area contributed by atoms with E-state index < -0.39 is 6.10 Å². The molecule has 1 radical (unpaired) electrons. The fraction of sp³-hybridized carbons (Fsp3) is 0.364. The second-order valence-electron chi connectivity index (χ2n) is 3.12. The lowest BCUT2D eigenvalue weighted by atomic mass is 10.1. The number of carbonyl (C=O) groups excluding carboxylic acids is 1. The molecule has 1 aromatic carbocycles. The van der Waals surface area contributed by atoms with Crippen LogP contribution in [0.3, 0.4) is 0 Å². The molecule has 1 aromatic rings. The van der Waals surface area contributed by atoms with E-state index in [9.17, 15) is 9.90 Å². The molecule has 0 aromatic heterocycles. The summed E-state index contributed by atoms with van der Waals surface area (Å²) in [6.07, 6.45) is -0.738. The minimum absolute atomic E-state index is 0.0994. The average Bonchev–Trinajstić information content (AvgIpc) is 2.18. The first-order valence-corrected chi connectivity index (χ1v) is 4.69. The van der Waals surface area contributed by atoms with Crippen molar-refractivity contribution < 1.29 is 9.90 Å². The van der Waals surface area contributed by atoms with Crippen molar-refractivity contribution in [1.29, 1.82) is 0 Å². The zero-order chi connectivity index (χ0) is 10.6. The first kappa shape index (κ1) is 10.7. The smallest absolute Gasteiger partial charge is 0.251 e. The van der Waals surface area contributed by atoms with Crippen molar-refractivity contribution >= 4 is 5.91 Å². The van der Waals surface area contributed by atoms with Crippen LogP contribution in [0.4, 0.5) is 0 Å². The standard InChI is InChI=1S/C11H14NO2/c1-3-12-11(14)10-6-4-9(5-7-10)8(2)13/h4-8H,3H2,1-2H3,(H,12,14). The zero-order valence-corrected chi connectivity index (χ0v) is 8.41. The Balaban J connectivity index is 2.78. The highest BCUT2D eigenvalue weighted by Crippen LogP contribution is 2.13. The molecule has 1 amide bonds. The third kappa shape index (κ3) is 2.57. The Bertz CT molecular complexity index is 304. The summed E-state index contributed by atoms with van der Waals surface area (Å²) >= 11 is 0. The lowest BCUT2D eigenvalue weighted by Gasteiger charge is -2.04. The van der Waals surface area contributed by atoms with Gasteiger partial charge in [0.25, 0.3) is 5.91 Å². The minimum Gasteiger partial charge on any atom is -0.352 e. The molecule has 1 rings (SSSR count). The Morgan fingerprint density at radius 3 is 2.36 bits per heavy atom. The van der Waals surface area contributed by atoms with E-state index in [0.717, 1.165) is 0 Å². The van der Waals surface area contributed by atoms with Crippen molar-refractivity contribution in [3.05, 3.63) is 35.4 Å². The first-order chi connectivity index (χ1) is 6.65. The van der Waals surface area contributed by atoms with E-state index in [1.807, 2.05) is 6.92 Å². The second kappa shape index (κ2) is 4.77. The number of hydrogen-bond donors (Lipinski definition) is 1. The summed E-state index contributed by atoms with van der Waals surface area (Å²) < 4.78 is 0. The number of rotatable bonds is 3. The van der Waals surface area contributed by atoms with Crippen LogP contribution in [0.5, 0.6) is 0 Å². The Hall–Kier alpha value is -1.35. The fourth-order valence-corrected chi connectivity index (χ4v) is 1.17. The predicted octanol–water partition coefficient (Wildman–Crippen LogP) is 1.93. The van der Waals surface area contributed by atoms with E-state index >= 15 is 0 Å². The molecule has 3 nitrogen and oxygen atoms in total. The molecule has 0 aliphatic heterocycles. The third-order valence-electron chi connectivity index (χ3n) is 1.98. The zero-order valence-electron chi connectivity index (χ0n) is 8.41. The Kier molecular flexibility index (Phi) is 3.65. The SMILES string of the molecule is CCNC(=O)c1ccc(C(C)[O])cc1. The monoisotopic (exact) mass is 192 g/mol. The Morgan fingerprint density at radius 1 is 1.36 bits per heavy atom. The van der Waals surface area contributed by atoms with Gasteiger partial charge in [-0.25, -0.2) is 5.11 Å². The van der Waals surface area contributed by atoms with Crippen LogP contribution in [0.15, 0.2) is 24.3 Å². The molecule has 3 heteroatoms. The van der Waals surface area contributed by atoms with Crippen LogP contribution < -0.4 is 5.32 Å². The van der Waals surface area contributed by atoms with Crippen LogP contribution in [-0.2, 0) is 5.11 Å². The van der Waals surface area contributed by atoms with Gasteiger partial charge in [0, 0.05) is 12.1 Å². The highest BCUT2D eigenvalue weighted by atomic mass is 16.3. The molecule has 0 spiro atoms. The molecule has 1 N–H and O–H groups in total. The first-order valence-electron chi connectivity index (χ1n) is 4.69. The quantitative estimate of drug-likeness (QED) is 0.781. The maximum absolute atomic E-state index is 11.3. The molecule has 0 aliphatic carbocycles. The highest BCUT2D eigenvalue weighted by molar-refractivity contribution is 5.94. The van der Waals surface area contributed by atoms with E-state index in [1.165, 1.54) is 0 Å². The van der Waals surface area contributed by atoms with Crippen molar-refractivity contribution in [1.82, 2.24) is 5.32 Å². The Labute approximate surface area is 83.8 Å². The van der Waals surface area contributed by atoms with Crippen LogP contribution in [-0.4, -0.2) is 12.5 Å². The second-order valence-corrected chi connectivity index (χ2v) is 3.12. The molecule has 14 heavy (non-hydrogen) atoms. The maximum atomic E-state index is 11.3. The average molecular weight is 192 g/mol. The Morgan fingerprint density at radius 2 is 1.93 bits per heavy atom. The van der Waals surface area contributed by atoms with Crippen molar-refractivity contribution in [3.63, 3.8) is 0 Å². The van der Waals surface area contributed by atoms with Gasteiger partial charge in [0.1, 0.15) is 6.10 Å². The molecule has 0 heterocycles. The summed E-state index contributed by atoms with van der Waals surface area (Å²) in [6.45, 7) is 4.06. The summed E-state index contributed by atoms with van der Waals surface area (Å²) in [6, 6.07) is 6.74. The molecule has 1 unspecified atom stereocenters. The van der Waals surface area contributed by atoms with Gasteiger partial charge in [-0.1, -0.05) is 12.1 Å². The molecule has 0 aliphatic rings. The van der Waals surface area contributed by atoms with Gasteiger partial charge in [0.15, 0.2) is 0 Å². The molecule has 0 saturated heterocycles. The van der Waals surface area contributed by atoms with Gasteiger partial charge < -0.3 is 5.32 Å². The summed E-state index contributed by atoms with van der Waals surface area (Å²) in [5.74, 6) is -0.0994. The van der Waals surface area contributed by atoms with Gasteiger partial charge in [0.05, 0.1) is 0 Å². The molecular formula is C11H14NO2. The molecular weight excluding hydrogens is 178 g/mol. The van der Waals surface area contributed by atoms with Crippen LogP contribution in [0, 0.1) is 0 Å². The minimum atomic E-state index is -0.738. The van der Waals surface area contributed by atoms with Gasteiger partial charge in [0.2, 0.25) is 0 Å². The molecule has 1 atom stereocenters. The summed E-state index contributed by atoms with van der Waals surface area (Å²) in [5.41, 5.74) is 1.30. The van der Waals surface area contributed by atoms with Crippen LogP contribution in [0.25, 0.3) is 0 Å². The predicted molar refractivity (Wildman–Crippen MR) is 53.6 cm³/mol. The van der Waals surface area contributed by atoms with E-state index in [2.05, 4.69) is 5.32 Å². The number of nitrogens with one attached hydrogen (secondary N) is 1. The van der Waals surface area contributed by atoms with Gasteiger partial charge in [-0.3, -0.25) is 4.79 Å². The number of carbonyl (C=O) groups is 1. The van der Waals surface area contributed by atoms with Gasteiger partial charge >= 0.3 is 0 Å². The van der Waals surface area contributed by atoms with Crippen LogP contribution >= 0.6 is 0 Å². The molecule has 0 bridgehead atoms. The number of amides is 1.